The monoisotopic (exact) mass is 326 g/mol. The van der Waals surface area contributed by atoms with Gasteiger partial charge in [-0.15, -0.1) is 0 Å². The Morgan fingerprint density at radius 3 is 2.62 bits per heavy atom. The highest BCUT2D eigenvalue weighted by molar-refractivity contribution is 5.59. The molecule has 5 heteroatoms. The summed E-state index contributed by atoms with van der Waals surface area (Å²) in [6, 6.07) is 13.9. The molecule has 0 saturated heterocycles. The molecule has 3 rings (SSSR count). The predicted molar refractivity (Wildman–Crippen MR) is 90.3 cm³/mol. The minimum atomic E-state index is -0.815. The highest BCUT2D eigenvalue weighted by Gasteiger charge is 2.13. The standard InChI is InChI=1S/C19H19FN2O2/c1-13-3-6-15(20)11-17(13)19(23)12-22-10-9-18(21-22)14-4-7-16(24-2)8-5-14/h3-11,19,23H,12H2,1-2H3. The molecule has 4 nitrogen and oxygen atoms in total. The van der Waals surface area contributed by atoms with Crippen LogP contribution >= 0.6 is 0 Å². The number of aliphatic hydroxyl groups excluding tert-OH is 1. The summed E-state index contributed by atoms with van der Waals surface area (Å²) >= 11 is 0. The Kier molecular flexibility index (Phi) is 4.62. The van der Waals surface area contributed by atoms with Crippen LogP contribution in [0, 0.1) is 12.7 Å². The van der Waals surface area contributed by atoms with Crippen LogP contribution in [0.15, 0.2) is 54.7 Å². The molecule has 1 heterocycles. The summed E-state index contributed by atoms with van der Waals surface area (Å²) in [4.78, 5) is 0. The number of ether oxygens (including phenoxy) is 1. The van der Waals surface area contributed by atoms with Crippen molar-refractivity contribution in [2.24, 2.45) is 0 Å². The lowest BCUT2D eigenvalue weighted by Gasteiger charge is -2.14. The number of methoxy groups -OCH3 is 1. The van der Waals surface area contributed by atoms with Crippen molar-refractivity contribution in [1.82, 2.24) is 9.78 Å². The van der Waals surface area contributed by atoms with Crippen molar-refractivity contribution in [3.63, 3.8) is 0 Å². The number of hydrogen-bond acceptors (Lipinski definition) is 3. The van der Waals surface area contributed by atoms with Gasteiger partial charge in [-0.05, 0) is 60.5 Å². The molecule has 0 fully saturated rings. The number of benzene rings is 2. The van der Waals surface area contributed by atoms with Crippen molar-refractivity contribution in [2.45, 2.75) is 19.6 Å². The van der Waals surface area contributed by atoms with E-state index in [0.717, 1.165) is 22.6 Å². The van der Waals surface area contributed by atoms with Gasteiger partial charge in [-0.3, -0.25) is 4.68 Å². The van der Waals surface area contributed by atoms with E-state index in [9.17, 15) is 9.50 Å². The first-order valence-electron chi connectivity index (χ1n) is 7.69. The Morgan fingerprint density at radius 1 is 1.17 bits per heavy atom. The van der Waals surface area contributed by atoms with Crippen molar-refractivity contribution >= 4 is 0 Å². The predicted octanol–water partition coefficient (Wildman–Crippen LogP) is 3.74. The second kappa shape index (κ2) is 6.84. The zero-order valence-corrected chi connectivity index (χ0v) is 13.6. The Hall–Kier alpha value is -2.66. The van der Waals surface area contributed by atoms with Gasteiger partial charge in [0.25, 0.3) is 0 Å². The lowest BCUT2D eigenvalue weighted by Crippen LogP contribution is -2.10. The Balaban J connectivity index is 1.76. The molecule has 0 aliphatic carbocycles. The zero-order valence-electron chi connectivity index (χ0n) is 13.6. The first-order chi connectivity index (χ1) is 11.6. The normalized spacial score (nSPS) is 12.2. The van der Waals surface area contributed by atoms with Crippen molar-refractivity contribution in [1.29, 1.82) is 0 Å². The van der Waals surface area contributed by atoms with Crippen molar-refractivity contribution < 1.29 is 14.2 Å². The zero-order chi connectivity index (χ0) is 17.1. The maximum Gasteiger partial charge on any atom is 0.123 e. The third-order valence-corrected chi connectivity index (χ3v) is 3.99. The van der Waals surface area contributed by atoms with Gasteiger partial charge in [0.15, 0.2) is 0 Å². The fraction of sp³-hybridized carbons (Fsp3) is 0.211. The van der Waals surface area contributed by atoms with Crippen LogP contribution in [0.5, 0.6) is 5.75 Å². The molecule has 0 bridgehead atoms. The van der Waals surface area contributed by atoms with E-state index in [-0.39, 0.29) is 12.4 Å². The number of nitrogens with zero attached hydrogens (tertiary/aromatic N) is 2. The van der Waals surface area contributed by atoms with Crippen LogP contribution in [-0.2, 0) is 6.54 Å². The summed E-state index contributed by atoms with van der Waals surface area (Å²) in [6.07, 6.45) is 0.988. The maximum atomic E-state index is 13.4. The molecule has 124 valence electrons. The fourth-order valence-electron chi connectivity index (χ4n) is 2.62. The van der Waals surface area contributed by atoms with Gasteiger partial charge in [0, 0.05) is 11.8 Å². The number of aromatic nitrogens is 2. The van der Waals surface area contributed by atoms with Crippen molar-refractivity contribution in [3.05, 3.63) is 71.7 Å². The van der Waals surface area contributed by atoms with Crippen molar-refractivity contribution in [2.75, 3.05) is 7.11 Å². The van der Waals surface area contributed by atoms with Gasteiger partial charge in [-0.25, -0.2) is 4.39 Å². The highest BCUT2D eigenvalue weighted by Crippen LogP contribution is 2.23. The lowest BCUT2D eigenvalue weighted by molar-refractivity contribution is 0.150. The molecule has 0 aliphatic heterocycles. The summed E-state index contributed by atoms with van der Waals surface area (Å²) in [5.74, 6) is 0.434. The number of aliphatic hydroxyl groups is 1. The molecule has 1 atom stereocenters. The highest BCUT2D eigenvalue weighted by atomic mass is 19.1. The molecule has 0 saturated carbocycles. The molecular weight excluding hydrogens is 307 g/mol. The minimum absolute atomic E-state index is 0.264. The first-order valence-corrected chi connectivity index (χ1v) is 7.69. The van der Waals surface area contributed by atoms with E-state index in [1.807, 2.05) is 37.3 Å². The maximum absolute atomic E-state index is 13.4. The minimum Gasteiger partial charge on any atom is -0.497 e. The van der Waals surface area contributed by atoms with Crippen LogP contribution in [-0.4, -0.2) is 22.0 Å². The lowest BCUT2D eigenvalue weighted by atomic mass is 10.0. The summed E-state index contributed by atoms with van der Waals surface area (Å²) in [5, 5.41) is 14.9. The van der Waals surface area contributed by atoms with Gasteiger partial charge in [0.2, 0.25) is 0 Å². The van der Waals surface area contributed by atoms with Crippen LogP contribution in [0.1, 0.15) is 17.2 Å². The summed E-state index contributed by atoms with van der Waals surface area (Å²) in [5.41, 5.74) is 3.20. The van der Waals surface area contributed by atoms with Gasteiger partial charge in [0.1, 0.15) is 11.6 Å². The molecule has 3 aromatic rings. The largest absolute Gasteiger partial charge is 0.497 e. The number of hydrogen-bond donors (Lipinski definition) is 1. The van der Waals surface area contributed by atoms with Crippen LogP contribution < -0.4 is 4.74 Å². The van der Waals surface area contributed by atoms with Crippen LogP contribution in [0.25, 0.3) is 11.3 Å². The summed E-state index contributed by atoms with van der Waals surface area (Å²) < 4.78 is 20.2. The van der Waals surface area contributed by atoms with Gasteiger partial charge < -0.3 is 9.84 Å². The quantitative estimate of drug-likeness (QED) is 0.777. The van der Waals surface area contributed by atoms with Gasteiger partial charge in [-0.2, -0.15) is 5.10 Å². The molecule has 0 aliphatic rings. The SMILES string of the molecule is COc1ccc(-c2ccn(CC(O)c3cc(F)ccc3C)n2)cc1. The number of rotatable bonds is 5. The average Bonchev–Trinajstić information content (AvgIpc) is 3.05. The van der Waals surface area contributed by atoms with Crippen LogP contribution in [0.2, 0.25) is 0 Å². The molecule has 0 spiro atoms. The Bertz CT molecular complexity index is 828. The van der Waals surface area contributed by atoms with E-state index in [2.05, 4.69) is 5.10 Å². The fourth-order valence-corrected chi connectivity index (χ4v) is 2.62. The molecule has 1 N–H and O–H groups in total. The third kappa shape index (κ3) is 3.46. The molecule has 0 amide bonds. The Morgan fingerprint density at radius 2 is 1.92 bits per heavy atom. The average molecular weight is 326 g/mol. The topological polar surface area (TPSA) is 47.3 Å². The smallest absolute Gasteiger partial charge is 0.123 e. The van der Waals surface area contributed by atoms with E-state index in [1.54, 1.807) is 24.1 Å². The second-order valence-electron chi connectivity index (χ2n) is 5.67. The summed E-state index contributed by atoms with van der Waals surface area (Å²) in [6.45, 7) is 2.12. The van der Waals surface area contributed by atoms with Gasteiger partial charge in [-0.1, -0.05) is 6.07 Å². The van der Waals surface area contributed by atoms with E-state index in [1.165, 1.54) is 12.1 Å². The van der Waals surface area contributed by atoms with E-state index in [0.29, 0.717) is 5.56 Å². The number of aryl methyl sites for hydroxylation is 1. The van der Waals surface area contributed by atoms with E-state index in [4.69, 9.17) is 4.74 Å². The second-order valence-corrected chi connectivity index (χ2v) is 5.67. The number of halogens is 1. The van der Waals surface area contributed by atoms with Crippen molar-refractivity contribution in [3.8, 4) is 17.0 Å². The molecule has 0 radical (unpaired) electrons. The Labute approximate surface area is 140 Å². The molecule has 1 unspecified atom stereocenters. The molecular formula is C19H19FN2O2. The molecule has 2 aromatic carbocycles. The molecule has 1 aromatic heterocycles. The van der Waals surface area contributed by atoms with E-state index < -0.39 is 6.10 Å². The van der Waals surface area contributed by atoms with Gasteiger partial charge in [0.05, 0.1) is 25.5 Å². The van der Waals surface area contributed by atoms with Crippen LogP contribution in [0.4, 0.5) is 4.39 Å². The van der Waals surface area contributed by atoms with Crippen LogP contribution in [0.3, 0.4) is 0 Å². The molecule has 24 heavy (non-hydrogen) atoms. The van der Waals surface area contributed by atoms with Gasteiger partial charge >= 0.3 is 0 Å². The first kappa shape index (κ1) is 16.2. The van der Waals surface area contributed by atoms with E-state index >= 15 is 0 Å². The summed E-state index contributed by atoms with van der Waals surface area (Å²) in [7, 11) is 1.62. The third-order valence-electron chi connectivity index (χ3n) is 3.99.